The van der Waals surface area contributed by atoms with E-state index in [0.717, 1.165) is 53.0 Å². The van der Waals surface area contributed by atoms with Crippen LogP contribution in [-0.4, -0.2) is 47.7 Å². The number of halogens is 1. The number of benzene rings is 2. The number of aryl methyl sites for hydroxylation is 2. The molecule has 1 aromatic heterocycles. The maximum absolute atomic E-state index is 12.6. The zero-order chi connectivity index (χ0) is 25.4. The minimum atomic E-state index is -1.05. The first-order valence-electron chi connectivity index (χ1n) is 11.5. The number of para-hydroxylation sites is 1. The van der Waals surface area contributed by atoms with E-state index in [0.29, 0.717) is 12.1 Å². The number of nitrogens with zero attached hydrogens (tertiary/aromatic N) is 1. The number of carbonyl (C=O) groups is 3. The molecule has 0 spiro atoms. The molecule has 186 valence electrons. The Balaban J connectivity index is 1.42. The molecule has 3 aromatic rings. The van der Waals surface area contributed by atoms with Crippen LogP contribution in [0.15, 0.2) is 42.5 Å². The molecule has 9 heteroatoms. The Bertz CT molecular complexity index is 1220. The number of ether oxygens (including phenoxy) is 1. The van der Waals surface area contributed by atoms with E-state index in [4.69, 9.17) is 16.3 Å². The second kappa shape index (κ2) is 12.3. The Kier molecular flexibility index (Phi) is 9.14. The molecule has 35 heavy (non-hydrogen) atoms. The lowest BCUT2D eigenvalue weighted by molar-refractivity contribution is -0.137. The number of amides is 2. The number of carboxylic acids is 1. The number of carboxylic acid groups (broad SMARTS) is 1. The Labute approximate surface area is 209 Å². The van der Waals surface area contributed by atoms with Gasteiger partial charge in [0.1, 0.15) is 18.0 Å². The molecule has 8 nitrogen and oxygen atoms in total. The number of hydrogen-bond donors (Lipinski definition) is 3. The van der Waals surface area contributed by atoms with Gasteiger partial charge in [-0.3, -0.25) is 14.4 Å². The smallest absolute Gasteiger partial charge is 0.323 e. The van der Waals surface area contributed by atoms with Crippen LogP contribution >= 0.6 is 11.6 Å². The lowest BCUT2D eigenvalue weighted by atomic mass is 10.0. The zero-order valence-electron chi connectivity index (χ0n) is 19.9. The van der Waals surface area contributed by atoms with Crippen LogP contribution in [0.5, 0.6) is 5.75 Å². The maximum Gasteiger partial charge on any atom is 0.323 e. The molecule has 1 heterocycles. The first-order chi connectivity index (χ1) is 16.8. The van der Waals surface area contributed by atoms with Crippen molar-refractivity contribution in [2.45, 2.75) is 39.2 Å². The Morgan fingerprint density at radius 1 is 1.06 bits per heavy atom. The fraction of sp³-hybridized carbons (Fsp3) is 0.346. The fourth-order valence-corrected chi connectivity index (χ4v) is 4.13. The van der Waals surface area contributed by atoms with Gasteiger partial charge in [-0.15, -0.1) is 0 Å². The first-order valence-corrected chi connectivity index (χ1v) is 11.9. The highest BCUT2D eigenvalue weighted by molar-refractivity contribution is 6.31. The SMILES string of the molecule is COc1cc(C)c(Cl)cc1CCCCCNC(=O)CNC(=O)c1cc2ccccc2n1CC(=O)O. The third kappa shape index (κ3) is 6.99. The van der Waals surface area contributed by atoms with Gasteiger partial charge in [-0.05, 0) is 61.6 Å². The highest BCUT2D eigenvalue weighted by Gasteiger charge is 2.17. The van der Waals surface area contributed by atoms with Gasteiger partial charge in [0.2, 0.25) is 5.91 Å². The molecule has 0 aliphatic heterocycles. The molecular formula is C26H30ClN3O5. The van der Waals surface area contributed by atoms with Gasteiger partial charge < -0.3 is 25.0 Å². The van der Waals surface area contributed by atoms with Crippen LogP contribution in [-0.2, 0) is 22.6 Å². The van der Waals surface area contributed by atoms with Gasteiger partial charge in [0.15, 0.2) is 0 Å². The van der Waals surface area contributed by atoms with Crippen LogP contribution in [0, 0.1) is 6.92 Å². The molecule has 0 fully saturated rings. The molecular weight excluding hydrogens is 470 g/mol. The quantitative estimate of drug-likeness (QED) is 0.327. The predicted molar refractivity (Wildman–Crippen MR) is 135 cm³/mol. The number of unbranched alkanes of at least 4 members (excludes halogenated alkanes) is 2. The monoisotopic (exact) mass is 499 g/mol. The summed E-state index contributed by atoms with van der Waals surface area (Å²) in [6.07, 6.45) is 3.47. The number of aromatic nitrogens is 1. The molecule has 0 saturated carbocycles. The number of rotatable bonds is 12. The van der Waals surface area contributed by atoms with E-state index in [9.17, 15) is 19.5 Å². The van der Waals surface area contributed by atoms with Crippen molar-refractivity contribution < 1.29 is 24.2 Å². The number of carbonyl (C=O) groups excluding carboxylic acids is 2. The van der Waals surface area contributed by atoms with Gasteiger partial charge in [0, 0.05) is 22.5 Å². The standard InChI is InChI=1S/C26H30ClN3O5/c1-17-12-23(35-2)19(13-20(17)27)9-4-3-7-11-28-24(31)15-29-26(34)22-14-18-8-5-6-10-21(18)30(22)16-25(32)33/h5-6,8,10,12-14H,3-4,7,9,11,15-16H2,1-2H3,(H,28,31)(H,29,34)(H,32,33). The molecule has 0 atom stereocenters. The topological polar surface area (TPSA) is 110 Å². The van der Waals surface area contributed by atoms with E-state index in [1.54, 1.807) is 31.4 Å². The van der Waals surface area contributed by atoms with Crippen molar-refractivity contribution in [1.29, 1.82) is 0 Å². The number of fused-ring (bicyclic) bond motifs is 1. The summed E-state index contributed by atoms with van der Waals surface area (Å²) >= 11 is 6.22. The molecule has 3 N–H and O–H groups in total. The molecule has 3 rings (SSSR count). The second-order valence-corrected chi connectivity index (χ2v) is 8.73. The van der Waals surface area contributed by atoms with Crippen molar-refractivity contribution in [2.24, 2.45) is 0 Å². The third-order valence-corrected chi connectivity index (χ3v) is 6.16. The van der Waals surface area contributed by atoms with Crippen molar-refractivity contribution in [1.82, 2.24) is 15.2 Å². The van der Waals surface area contributed by atoms with Gasteiger partial charge in [0.05, 0.1) is 13.7 Å². The molecule has 0 bridgehead atoms. The van der Waals surface area contributed by atoms with Crippen molar-refractivity contribution in [3.8, 4) is 5.75 Å². The summed E-state index contributed by atoms with van der Waals surface area (Å²) in [5, 5.41) is 16.1. The number of nitrogens with one attached hydrogen (secondary N) is 2. The van der Waals surface area contributed by atoms with E-state index in [-0.39, 0.29) is 24.7 Å². The minimum Gasteiger partial charge on any atom is -0.496 e. The molecule has 0 radical (unpaired) electrons. The Morgan fingerprint density at radius 2 is 1.83 bits per heavy atom. The highest BCUT2D eigenvalue weighted by Crippen LogP contribution is 2.28. The first kappa shape index (κ1) is 26.1. The minimum absolute atomic E-state index is 0.188. The summed E-state index contributed by atoms with van der Waals surface area (Å²) in [5.74, 6) is -1.02. The molecule has 2 amide bonds. The summed E-state index contributed by atoms with van der Waals surface area (Å²) in [4.78, 5) is 36.1. The van der Waals surface area contributed by atoms with Gasteiger partial charge >= 0.3 is 5.97 Å². The lowest BCUT2D eigenvalue weighted by Gasteiger charge is -2.11. The van der Waals surface area contributed by atoms with Crippen LogP contribution in [0.1, 0.15) is 40.9 Å². The van der Waals surface area contributed by atoms with E-state index < -0.39 is 11.9 Å². The van der Waals surface area contributed by atoms with E-state index in [1.165, 1.54) is 4.57 Å². The Morgan fingerprint density at radius 3 is 2.57 bits per heavy atom. The van der Waals surface area contributed by atoms with E-state index in [2.05, 4.69) is 10.6 Å². The number of hydrogen-bond acceptors (Lipinski definition) is 4. The normalized spacial score (nSPS) is 10.8. The highest BCUT2D eigenvalue weighted by atomic mass is 35.5. The van der Waals surface area contributed by atoms with E-state index >= 15 is 0 Å². The molecule has 0 aliphatic rings. The van der Waals surface area contributed by atoms with Crippen LogP contribution in [0.4, 0.5) is 0 Å². The zero-order valence-corrected chi connectivity index (χ0v) is 20.7. The fourth-order valence-electron chi connectivity index (χ4n) is 3.94. The third-order valence-electron chi connectivity index (χ3n) is 5.75. The van der Waals surface area contributed by atoms with Gasteiger partial charge in [-0.2, -0.15) is 0 Å². The predicted octanol–water partition coefficient (Wildman–Crippen LogP) is 3.96. The van der Waals surface area contributed by atoms with Crippen LogP contribution in [0.3, 0.4) is 0 Å². The largest absolute Gasteiger partial charge is 0.496 e. The lowest BCUT2D eigenvalue weighted by Crippen LogP contribution is -2.38. The summed E-state index contributed by atoms with van der Waals surface area (Å²) in [7, 11) is 1.65. The molecule has 0 saturated heterocycles. The summed E-state index contributed by atoms with van der Waals surface area (Å²) in [5.41, 5.74) is 2.89. The second-order valence-electron chi connectivity index (χ2n) is 8.32. The van der Waals surface area contributed by atoms with Gasteiger partial charge in [-0.1, -0.05) is 36.2 Å². The van der Waals surface area contributed by atoms with E-state index in [1.807, 2.05) is 25.1 Å². The Hall–Kier alpha value is -3.52. The van der Waals surface area contributed by atoms with Crippen molar-refractivity contribution >= 4 is 40.3 Å². The van der Waals surface area contributed by atoms with Crippen molar-refractivity contribution in [3.63, 3.8) is 0 Å². The number of aliphatic carboxylic acids is 1. The number of methoxy groups -OCH3 is 1. The van der Waals surface area contributed by atoms with Gasteiger partial charge in [0.25, 0.3) is 5.91 Å². The van der Waals surface area contributed by atoms with Gasteiger partial charge in [-0.25, -0.2) is 0 Å². The van der Waals surface area contributed by atoms with Crippen LogP contribution in [0.2, 0.25) is 5.02 Å². The van der Waals surface area contributed by atoms with Crippen molar-refractivity contribution in [3.05, 3.63) is 64.3 Å². The summed E-state index contributed by atoms with van der Waals surface area (Å²) in [6, 6.07) is 12.7. The maximum atomic E-state index is 12.6. The molecule has 0 unspecified atom stereocenters. The average molecular weight is 500 g/mol. The van der Waals surface area contributed by atoms with Crippen molar-refractivity contribution in [2.75, 3.05) is 20.2 Å². The average Bonchev–Trinajstić information content (AvgIpc) is 3.19. The van der Waals surface area contributed by atoms with Crippen LogP contribution < -0.4 is 15.4 Å². The summed E-state index contributed by atoms with van der Waals surface area (Å²) in [6.45, 7) is 1.91. The molecule has 0 aliphatic carbocycles. The van der Waals surface area contributed by atoms with Crippen LogP contribution in [0.25, 0.3) is 10.9 Å². The summed E-state index contributed by atoms with van der Waals surface area (Å²) < 4.78 is 6.86. The molecule has 2 aromatic carbocycles.